The highest BCUT2D eigenvalue weighted by Crippen LogP contribution is 2.21. The molecule has 0 aliphatic carbocycles. The lowest BCUT2D eigenvalue weighted by Gasteiger charge is -2.02. The normalized spacial score (nSPS) is 10.7. The Hall–Kier alpha value is -1.97. The minimum atomic E-state index is 0.581. The van der Waals surface area contributed by atoms with Gasteiger partial charge in [-0.05, 0) is 18.6 Å². The summed E-state index contributed by atoms with van der Waals surface area (Å²) in [5.74, 6) is 0.581. The second kappa shape index (κ2) is 5.58. The summed E-state index contributed by atoms with van der Waals surface area (Å²) in [6.07, 6.45) is 5.57. The van der Waals surface area contributed by atoms with Crippen LogP contribution in [0.3, 0.4) is 0 Å². The van der Waals surface area contributed by atoms with Gasteiger partial charge in [-0.1, -0.05) is 31.9 Å². The maximum atomic E-state index is 5.92. The fourth-order valence-corrected chi connectivity index (χ4v) is 1.93. The monoisotopic (exact) mass is 244 g/mol. The SMILES string of the molecule is CCCCCn1cc(-c2ccc(N)cc2)nc1N. The van der Waals surface area contributed by atoms with Crippen molar-refractivity contribution in [3.05, 3.63) is 30.5 Å². The van der Waals surface area contributed by atoms with Crippen LogP contribution >= 0.6 is 0 Å². The zero-order chi connectivity index (χ0) is 13.0. The molecule has 2 rings (SSSR count). The van der Waals surface area contributed by atoms with E-state index in [9.17, 15) is 0 Å². The standard InChI is InChI=1S/C14H20N4/c1-2-3-4-9-18-10-13(17-14(18)16)11-5-7-12(15)8-6-11/h5-8,10H,2-4,9,15H2,1H3,(H2,16,17). The van der Waals surface area contributed by atoms with Crippen molar-refractivity contribution < 1.29 is 0 Å². The Morgan fingerprint density at radius 2 is 1.83 bits per heavy atom. The third-order valence-electron chi connectivity index (χ3n) is 3.02. The number of nitrogen functional groups attached to an aromatic ring is 2. The Morgan fingerprint density at radius 1 is 1.11 bits per heavy atom. The molecule has 0 bridgehead atoms. The third-order valence-corrected chi connectivity index (χ3v) is 3.02. The van der Waals surface area contributed by atoms with Crippen LogP contribution < -0.4 is 11.5 Å². The van der Waals surface area contributed by atoms with Gasteiger partial charge in [-0.25, -0.2) is 4.98 Å². The van der Waals surface area contributed by atoms with Gasteiger partial charge in [0.1, 0.15) is 0 Å². The Balaban J connectivity index is 2.15. The molecule has 4 N–H and O–H groups in total. The highest BCUT2D eigenvalue weighted by molar-refractivity contribution is 5.62. The van der Waals surface area contributed by atoms with Crippen LogP contribution in [0.15, 0.2) is 30.5 Å². The van der Waals surface area contributed by atoms with Gasteiger partial charge in [-0.15, -0.1) is 0 Å². The van der Waals surface area contributed by atoms with E-state index in [4.69, 9.17) is 11.5 Å². The quantitative estimate of drug-likeness (QED) is 0.627. The number of rotatable bonds is 5. The second-order valence-corrected chi connectivity index (χ2v) is 4.51. The average molecular weight is 244 g/mol. The molecule has 2 aromatic rings. The molecule has 1 heterocycles. The molecule has 18 heavy (non-hydrogen) atoms. The Labute approximate surface area is 108 Å². The summed E-state index contributed by atoms with van der Waals surface area (Å²) in [6.45, 7) is 3.12. The zero-order valence-corrected chi connectivity index (χ0v) is 10.8. The van der Waals surface area contributed by atoms with Gasteiger partial charge in [0.15, 0.2) is 0 Å². The van der Waals surface area contributed by atoms with Crippen molar-refractivity contribution in [1.29, 1.82) is 0 Å². The van der Waals surface area contributed by atoms with Gasteiger partial charge in [0.25, 0.3) is 0 Å². The minimum absolute atomic E-state index is 0.581. The Kier molecular flexibility index (Phi) is 3.87. The van der Waals surface area contributed by atoms with E-state index in [0.29, 0.717) is 5.95 Å². The highest BCUT2D eigenvalue weighted by atomic mass is 15.1. The van der Waals surface area contributed by atoms with Crippen molar-refractivity contribution in [2.75, 3.05) is 11.5 Å². The summed E-state index contributed by atoms with van der Waals surface area (Å²) < 4.78 is 2.02. The van der Waals surface area contributed by atoms with E-state index < -0.39 is 0 Å². The molecule has 0 fully saturated rings. The molecule has 0 saturated heterocycles. The van der Waals surface area contributed by atoms with Crippen LogP contribution in [0.2, 0.25) is 0 Å². The summed E-state index contributed by atoms with van der Waals surface area (Å²) in [6, 6.07) is 7.68. The predicted molar refractivity (Wildman–Crippen MR) is 76.0 cm³/mol. The first-order valence-electron chi connectivity index (χ1n) is 6.39. The molecule has 0 unspecified atom stereocenters. The van der Waals surface area contributed by atoms with Crippen molar-refractivity contribution in [2.24, 2.45) is 0 Å². The maximum absolute atomic E-state index is 5.92. The molecule has 1 aromatic carbocycles. The van der Waals surface area contributed by atoms with Crippen LogP contribution in [-0.2, 0) is 6.54 Å². The Bertz CT molecular complexity index is 499. The van der Waals surface area contributed by atoms with Crippen LogP contribution in [0.5, 0.6) is 0 Å². The fourth-order valence-electron chi connectivity index (χ4n) is 1.93. The van der Waals surface area contributed by atoms with Gasteiger partial charge < -0.3 is 16.0 Å². The van der Waals surface area contributed by atoms with E-state index in [1.807, 2.05) is 35.0 Å². The van der Waals surface area contributed by atoms with Gasteiger partial charge >= 0.3 is 0 Å². The van der Waals surface area contributed by atoms with Crippen LogP contribution in [0.1, 0.15) is 26.2 Å². The van der Waals surface area contributed by atoms with E-state index in [1.54, 1.807) is 0 Å². The predicted octanol–water partition coefficient (Wildman–Crippen LogP) is 2.90. The molecule has 4 heteroatoms. The summed E-state index contributed by atoms with van der Waals surface area (Å²) in [7, 11) is 0. The third kappa shape index (κ3) is 2.83. The lowest BCUT2D eigenvalue weighted by atomic mass is 10.1. The van der Waals surface area contributed by atoms with E-state index in [1.165, 1.54) is 12.8 Å². The smallest absolute Gasteiger partial charge is 0.200 e. The molecule has 0 spiro atoms. The first kappa shape index (κ1) is 12.5. The van der Waals surface area contributed by atoms with Gasteiger partial charge in [-0.2, -0.15) is 0 Å². The highest BCUT2D eigenvalue weighted by Gasteiger charge is 2.06. The van der Waals surface area contributed by atoms with Crippen LogP contribution in [0, 0.1) is 0 Å². The van der Waals surface area contributed by atoms with Crippen molar-refractivity contribution in [3.63, 3.8) is 0 Å². The number of imidazole rings is 1. The van der Waals surface area contributed by atoms with E-state index in [0.717, 1.165) is 29.9 Å². The fraction of sp³-hybridized carbons (Fsp3) is 0.357. The molecular formula is C14H20N4. The van der Waals surface area contributed by atoms with Crippen molar-refractivity contribution >= 4 is 11.6 Å². The average Bonchev–Trinajstić information content (AvgIpc) is 2.72. The Morgan fingerprint density at radius 3 is 2.50 bits per heavy atom. The summed E-state index contributed by atoms with van der Waals surface area (Å²) >= 11 is 0. The molecule has 0 aliphatic heterocycles. The van der Waals surface area contributed by atoms with Gasteiger partial charge in [0.05, 0.1) is 5.69 Å². The van der Waals surface area contributed by atoms with Crippen molar-refractivity contribution in [1.82, 2.24) is 9.55 Å². The molecule has 0 atom stereocenters. The van der Waals surface area contributed by atoms with Gasteiger partial charge in [-0.3, -0.25) is 0 Å². The largest absolute Gasteiger partial charge is 0.399 e. The van der Waals surface area contributed by atoms with Crippen molar-refractivity contribution in [3.8, 4) is 11.3 Å². The molecular weight excluding hydrogens is 224 g/mol. The minimum Gasteiger partial charge on any atom is -0.399 e. The molecule has 4 nitrogen and oxygen atoms in total. The number of benzene rings is 1. The number of hydrogen-bond acceptors (Lipinski definition) is 3. The van der Waals surface area contributed by atoms with Crippen molar-refractivity contribution in [2.45, 2.75) is 32.7 Å². The first-order valence-corrected chi connectivity index (χ1v) is 6.39. The molecule has 1 aromatic heterocycles. The first-order chi connectivity index (χ1) is 8.70. The molecule has 0 aliphatic rings. The number of nitrogens with two attached hydrogens (primary N) is 2. The lowest BCUT2D eigenvalue weighted by Crippen LogP contribution is -2.02. The molecule has 96 valence electrons. The topological polar surface area (TPSA) is 69.9 Å². The van der Waals surface area contributed by atoms with Crippen LogP contribution in [0.25, 0.3) is 11.3 Å². The number of unbranched alkanes of at least 4 members (excludes halogenated alkanes) is 2. The van der Waals surface area contributed by atoms with Crippen LogP contribution in [0.4, 0.5) is 11.6 Å². The summed E-state index contributed by atoms with van der Waals surface area (Å²) in [4.78, 5) is 4.39. The zero-order valence-electron chi connectivity index (χ0n) is 10.8. The number of hydrogen-bond donors (Lipinski definition) is 2. The van der Waals surface area contributed by atoms with E-state index in [2.05, 4.69) is 11.9 Å². The maximum Gasteiger partial charge on any atom is 0.200 e. The number of aromatic nitrogens is 2. The van der Waals surface area contributed by atoms with E-state index >= 15 is 0 Å². The van der Waals surface area contributed by atoms with Gasteiger partial charge in [0, 0.05) is 24.0 Å². The lowest BCUT2D eigenvalue weighted by molar-refractivity contribution is 0.608. The molecule has 0 amide bonds. The van der Waals surface area contributed by atoms with Crippen LogP contribution in [-0.4, -0.2) is 9.55 Å². The number of aryl methyl sites for hydroxylation is 1. The molecule has 0 radical (unpaired) electrons. The van der Waals surface area contributed by atoms with Gasteiger partial charge in [0.2, 0.25) is 5.95 Å². The number of nitrogens with zero attached hydrogens (tertiary/aromatic N) is 2. The second-order valence-electron chi connectivity index (χ2n) is 4.51. The molecule has 0 saturated carbocycles. The number of anilines is 2. The summed E-state index contributed by atoms with van der Waals surface area (Å²) in [5.41, 5.74) is 14.3. The summed E-state index contributed by atoms with van der Waals surface area (Å²) in [5, 5.41) is 0. The van der Waals surface area contributed by atoms with E-state index in [-0.39, 0.29) is 0 Å².